The maximum absolute atomic E-state index is 11.6. The van der Waals surface area contributed by atoms with Gasteiger partial charge in [0, 0.05) is 44.8 Å². The molecule has 1 aromatic rings. The number of rotatable bonds is 4. The Morgan fingerprint density at radius 2 is 2.00 bits per heavy atom. The molecule has 1 fully saturated rings. The fourth-order valence-corrected chi connectivity index (χ4v) is 3.03. The van der Waals surface area contributed by atoms with Crippen LogP contribution in [0.4, 0.5) is 5.69 Å². The van der Waals surface area contributed by atoms with Gasteiger partial charge >= 0.3 is 0 Å². The van der Waals surface area contributed by atoms with E-state index in [1.807, 2.05) is 4.90 Å². The molecule has 0 spiro atoms. The minimum atomic E-state index is 0.186. The SMILES string of the molecule is CCNC(C)c1ccccc1N1CCCN(C(C)=O)CC1. The average molecular weight is 289 g/mol. The Hall–Kier alpha value is -1.55. The van der Waals surface area contributed by atoms with Crippen LogP contribution in [-0.4, -0.2) is 43.5 Å². The second-order valence-electron chi connectivity index (χ2n) is 5.68. The second kappa shape index (κ2) is 7.46. The summed E-state index contributed by atoms with van der Waals surface area (Å²) in [7, 11) is 0. The van der Waals surface area contributed by atoms with E-state index >= 15 is 0 Å². The monoisotopic (exact) mass is 289 g/mol. The van der Waals surface area contributed by atoms with Crippen LogP contribution in [0.1, 0.15) is 38.8 Å². The van der Waals surface area contributed by atoms with Crippen molar-refractivity contribution in [3.63, 3.8) is 0 Å². The summed E-state index contributed by atoms with van der Waals surface area (Å²) in [6.07, 6.45) is 1.03. The molecule has 1 aliphatic heterocycles. The number of anilines is 1. The van der Waals surface area contributed by atoms with Crippen LogP contribution >= 0.6 is 0 Å². The van der Waals surface area contributed by atoms with Crippen molar-refractivity contribution in [3.8, 4) is 0 Å². The number of hydrogen-bond acceptors (Lipinski definition) is 3. The van der Waals surface area contributed by atoms with Gasteiger partial charge in [-0.1, -0.05) is 25.1 Å². The van der Waals surface area contributed by atoms with Gasteiger partial charge in [-0.05, 0) is 31.5 Å². The molecule has 1 heterocycles. The highest BCUT2D eigenvalue weighted by Gasteiger charge is 2.19. The molecule has 1 amide bonds. The molecule has 0 bridgehead atoms. The molecule has 4 heteroatoms. The molecular weight excluding hydrogens is 262 g/mol. The van der Waals surface area contributed by atoms with Crippen molar-refractivity contribution in [3.05, 3.63) is 29.8 Å². The third kappa shape index (κ3) is 3.97. The van der Waals surface area contributed by atoms with Crippen LogP contribution in [0.3, 0.4) is 0 Å². The molecule has 2 rings (SSSR count). The summed E-state index contributed by atoms with van der Waals surface area (Å²) >= 11 is 0. The summed E-state index contributed by atoms with van der Waals surface area (Å²) < 4.78 is 0. The quantitative estimate of drug-likeness (QED) is 0.924. The average Bonchev–Trinajstić information content (AvgIpc) is 2.73. The van der Waals surface area contributed by atoms with E-state index < -0.39 is 0 Å². The third-order valence-electron chi connectivity index (χ3n) is 4.20. The highest BCUT2D eigenvalue weighted by atomic mass is 16.2. The standard InChI is InChI=1S/C17H27N3O/c1-4-18-14(2)16-8-5-6-9-17(16)20-11-7-10-19(12-13-20)15(3)21/h5-6,8-9,14,18H,4,7,10-13H2,1-3H3. The smallest absolute Gasteiger partial charge is 0.219 e. The van der Waals surface area contributed by atoms with E-state index in [2.05, 4.69) is 48.3 Å². The molecule has 0 aliphatic carbocycles. The van der Waals surface area contributed by atoms with Crippen LogP contribution < -0.4 is 10.2 Å². The predicted octanol–water partition coefficient (Wildman–Crippen LogP) is 2.42. The van der Waals surface area contributed by atoms with Crippen molar-refractivity contribution in [2.75, 3.05) is 37.6 Å². The number of benzene rings is 1. The molecule has 4 nitrogen and oxygen atoms in total. The van der Waals surface area contributed by atoms with Crippen molar-refractivity contribution in [1.82, 2.24) is 10.2 Å². The van der Waals surface area contributed by atoms with Crippen molar-refractivity contribution >= 4 is 11.6 Å². The number of carbonyl (C=O) groups is 1. The summed E-state index contributed by atoms with van der Waals surface area (Å²) in [4.78, 5) is 15.9. The zero-order chi connectivity index (χ0) is 15.2. The largest absolute Gasteiger partial charge is 0.369 e. The van der Waals surface area contributed by atoms with E-state index in [9.17, 15) is 4.79 Å². The molecule has 1 atom stereocenters. The van der Waals surface area contributed by atoms with Crippen LogP contribution in [-0.2, 0) is 4.79 Å². The lowest BCUT2D eigenvalue weighted by Crippen LogP contribution is -2.34. The van der Waals surface area contributed by atoms with Crippen molar-refractivity contribution in [1.29, 1.82) is 0 Å². The van der Waals surface area contributed by atoms with Gasteiger partial charge in [-0.2, -0.15) is 0 Å². The molecule has 1 unspecified atom stereocenters. The van der Waals surface area contributed by atoms with E-state index in [0.29, 0.717) is 6.04 Å². The highest BCUT2D eigenvalue weighted by molar-refractivity contribution is 5.73. The number of amides is 1. The predicted molar refractivity (Wildman–Crippen MR) is 87.6 cm³/mol. The lowest BCUT2D eigenvalue weighted by atomic mass is 10.0. The molecule has 1 N–H and O–H groups in total. The summed E-state index contributed by atoms with van der Waals surface area (Å²) in [5.74, 6) is 0.186. The number of para-hydroxylation sites is 1. The molecule has 1 aromatic carbocycles. The summed E-state index contributed by atoms with van der Waals surface area (Å²) in [5, 5.41) is 3.49. The van der Waals surface area contributed by atoms with Gasteiger partial charge in [0.25, 0.3) is 0 Å². The molecule has 1 saturated heterocycles. The topological polar surface area (TPSA) is 35.6 Å². The Morgan fingerprint density at radius 3 is 2.71 bits per heavy atom. The molecule has 0 saturated carbocycles. The second-order valence-corrected chi connectivity index (χ2v) is 5.68. The van der Waals surface area contributed by atoms with Gasteiger partial charge in [0.05, 0.1) is 0 Å². The van der Waals surface area contributed by atoms with Crippen molar-refractivity contribution in [2.45, 2.75) is 33.2 Å². The normalized spacial score (nSPS) is 17.5. The maximum Gasteiger partial charge on any atom is 0.219 e. The van der Waals surface area contributed by atoms with Gasteiger partial charge in [-0.25, -0.2) is 0 Å². The van der Waals surface area contributed by atoms with Crippen LogP contribution in [0.15, 0.2) is 24.3 Å². The first kappa shape index (κ1) is 15.8. The van der Waals surface area contributed by atoms with Crippen LogP contribution in [0, 0.1) is 0 Å². The number of nitrogens with one attached hydrogen (secondary N) is 1. The molecule has 0 aromatic heterocycles. The molecular formula is C17H27N3O. The fraction of sp³-hybridized carbons (Fsp3) is 0.588. The highest BCUT2D eigenvalue weighted by Crippen LogP contribution is 2.27. The molecule has 1 aliphatic rings. The minimum absolute atomic E-state index is 0.186. The van der Waals surface area contributed by atoms with Crippen LogP contribution in [0.25, 0.3) is 0 Å². The Kier molecular flexibility index (Phi) is 5.62. The summed E-state index contributed by atoms with van der Waals surface area (Å²) in [6, 6.07) is 8.96. The van der Waals surface area contributed by atoms with E-state index in [1.165, 1.54) is 11.3 Å². The number of nitrogens with zero attached hydrogens (tertiary/aromatic N) is 2. The van der Waals surface area contributed by atoms with Crippen LogP contribution in [0.2, 0.25) is 0 Å². The van der Waals surface area contributed by atoms with Gasteiger partial charge in [0.1, 0.15) is 0 Å². The minimum Gasteiger partial charge on any atom is -0.369 e. The van der Waals surface area contributed by atoms with Gasteiger partial charge in [-0.15, -0.1) is 0 Å². The summed E-state index contributed by atoms with van der Waals surface area (Å²) in [5.41, 5.74) is 2.65. The Balaban J connectivity index is 2.16. The van der Waals surface area contributed by atoms with Gasteiger partial charge < -0.3 is 15.1 Å². The molecule has 21 heavy (non-hydrogen) atoms. The van der Waals surface area contributed by atoms with Gasteiger partial charge in [0.15, 0.2) is 0 Å². The van der Waals surface area contributed by atoms with E-state index in [4.69, 9.17) is 0 Å². The lowest BCUT2D eigenvalue weighted by Gasteiger charge is -2.28. The number of hydrogen-bond donors (Lipinski definition) is 1. The van der Waals surface area contributed by atoms with Crippen molar-refractivity contribution in [2.24, 2.45) is 0 Å². The van der Waals surface area contributed by atoms with Crippen molar-refractivity contribution < 1.29 is 4.79 Å². The molecule has 0 radical (unpaired) electrons. The first-order valence-corrected chi connectivity index (χ1v) is 7.96. The Labute approximate surface area is 128 Å². The zero-order valence-electron chi connectivity index (χ0n) is 13.4. The first-order valence-electron chi connectivity index (χ1n) is 7.96. The third-order valence-corrected chi connectivity index (χ3v) is 4.20. The summed E-state index contributed by atoms with van der Waals surface area (Å²) in [6.45, 7) is 10.6. The van der Waals surface area contributed by atoms with Gasteiger partial charge in [-0.3, -0.25) is 4.79 Å². The number of carbonyl (C=O) groups excluding carboxylic acids is 1. The maximum atomic E-state index is 11.6. The lowest BCUT2D eigenvalue weighted by molar-refractivity contribution is -0.128. The van der Waals surface area contributed by atoms with Crippen LogP contribution in [0.5, 0.6) is 0 Å². The Bertz CT molecular complexity index is 475. The first-order chi connectivity index (χ1) is 10.1. The van der Waals surface area contributed by atoms with E-state index in [1.54, 1.807) is 6.92 Å². The fourth-order valence-electron chi connectivity index (χ4n) is 3.03. The molecule has 116 valence electrons. The Morgan fingerprint density at radius 1 is 1.24 bits per heavy atom. The van der Waals surface area contributed by atoms with E-state index in [0.717, 1.165) is 39.1 Å². The van der Waals surface area contributed by atoms with Gasteiger partial charge in [0.2, 0.25) is 5.91 Å². The van der Waals surface area contributed by atoms with E-state index in [-0.39, 0.29) is 5.91 Å². The zero-order valence-corrected chi connectivity index (χ0v) is 13.4.